The fourth-order valence-electron chi connectivity index (χ4n) is 1.97. The van der Waals surface area contributed by atoms with E-state index in [4.69, 9.17) is 10.5 Å². The van der Waals surface area contributed by atoms with Gasteiger partial charge in [0.25, 0.3) is 0 Å². The van der Waals surface area contributed by atoms with E-state index in [2.05, 4.69) is 13.8 Å². The van der Waals surface area contributed by atoms with Crippen LogP contribution in [0.4, 0.5) is 0 Å². The van der Waals surface area contributed by atoms with Crippen LogP contribution in [-0.2, 0) is 11.3 Å². The summed E-state index contributed by atoms with van der Waals surface area (Å²) in [7, 11) is 3.42. The minimum atomic E-state index is -0.414. The maximum absolute atomic E-state index is 12.1. The van der Waals surface area contributed by atoms with Crippen molar-refractivity contribution in [2.75, 3.05) is 14.2 Å². The van der Waals surface area contributed by atoms with E-state index in [1.165, 1.54) is 0 Å². The molecule has 0 heterocycles. The number of hydrogen-bond donors (Lipinski definition) is 1. The zero-order chi connectivity index (χ0) is 14.4. The number of rotatable bonds is 6. The third kappa shape index (κ3) is 4.91. The number of carbonyl (C=O) groups excluding carboxylic acids is 1. The molecule has 1 atom stereocenters. The molecule has 1 aromatic rings. The maximum atomic E-state index is 12.1. The van der Waals surface area contributed by atoms with E-state index in [9.17, 15) is 4.79 Å². The molecule has 0 radical (unpaired) electrons. The lowest BCUT2D eigenvalue weighted by Gasteiger charge is -2.22. The smallest absolute Gasteiger partial charge is 0.239 e. The maximum Gasteiger partial charge on any atom is 0.239 e. The number of amides is 1. The molecule has 4 heteroatoms. The van der Waals surface area contributed by atoms with Gasteiger partial charge in [0.05, 0.1) is 13.2 Å². The summed E-state index contributed by atoms with van der Waals surface area (Å²) in [5, 5.41) is 0. The van der Waals surface area contributed by atoms with Crippen LogP contribution in [0.2, 0.25) is 0 Å². The van der Waals surface area contributed by atoms with Gasteiger partial charge in [0.1, 0.15) is 5.75 Å². The second kappa shape index (κ2) is 7.14. The average Bonchev–Trinajstić information content (AvgIpc) is 2.37. The molecule has 1 rings (SSSR count). The highest BCUT2D eigenvalue weighted by Crippen LogP contribution is 2.13. The van der Waals surface area contributed by atoms with E-state index >= 15 is 0 Å². The topological polar surface area (TPSA) is 55.6 Å². The normalized spacial score (nSPS) is 12.3. The van der Waals surface area contributed by atoms with Crippen LogP contribution in [0, 0.1) is 5.92 Å². The summed E-state index contributed by atoms with van der Waals surface area (Å²) in [6.07, 6.45) is 0.714. The van der Waals surface area contributed by atoms with Gasteiger partial charge in [-0.15, -0.1) is 0 Å². The Morgan fingerprint density at radius 3 is 2.37 bits per heavy atom. The zero-order valence-electron chi connectivity index (χ0n) is 12.2. The predicted molar refractivity (Wildman–Crippen MR) is 76.9 cm³/mol. The molecule has 1 aromatic carbocycles. The highest BCUT2D eigenvalue weighted by Gasteiger charge is 2.19. The van der Waals surface area contributed by atoms with Gasteiger partial charge in [-0.1, -0.05) is 26.0 Å². The summed E-state index contributed by atoms with van der Waals surface area (Å²) in [5.41, 5.74) is 6.97. The second-order valence-electron chi connectivity index (χ2n) is 5.28. The molecule has 106 valence electrons. The van der Waals surface area contributed by atoms with Gasteiger partial charge in [-0.3, -0.25) is 4.79 Å². The number of nitrogens with zero attached hydrogens (tertiary/aromatic N) is 1. The second-order valence-corrected chi connectivity index (χ2v) is 5.28. The lowest BCUT2D eigenvalue weighted by molar-refractivity contribution is -0.132. The van der Waals surface area contributed by atoms with Crippen molar-refractivity contribution in [1.82, 2.24) is 4.90 Å². The van der Waals surface area contributed by atoms with E-state index in [0.29, 0.717) is 18.9 Å². The highest BCUT2D eigenvalue weighted by molar-refractivity contribution is 5.81. The fraction of sp³-hybridized carbons (Fsp3) is 0.533. The molecular formula is C15H24N2O2. The molecule has 0 unspecified atom stereocenters. The van der Waals surface area contributed by atoms with Crippen LogP contribution >= 0.6 is 0 Å². The Morgan fingerprint density at radius 1 is 1.32 bits per heavy atom. The van der Waals surface area contributed by atoms with Crippen molar-refractivity contribution >= 4 is 5.91 Å². The molecule has 0 saturated carbocycles. The van der Waals surface area contributed by atoms with Gasteiger partial charge < -0.3 is 15.4 Å². The van der Waals surface area contributed by atoms with Crippen molar-refractivity contribution in [1.29, 1.82) is 0 Å². The molecule has 0 aliphatic rings. The lowest BCUT2D eigenvalue weighted by Crippen LogP contribution is -2.42. The van der Waals surface area contributed by atoms with Crippen LogP contribution in [0.5, 0.6) is 5.75 Å². The quantitative estimate of drug-likeness (QED) is 0.855. The largest absolute Gasteiger partial charge is 0.497 e. The summed E-state index contributed by atoms with van der Waals surface area (Å²) >= 11 is 0. The molecule has 4 nitrogen and oxygen atoms in total. The Balaban J connectivity index is 2.57. The number of nitrogens with two attached hydrogens (primary N) is 1. The Kier molecular flexibility index (Phi) is 5.83. The van der Waals surface area contributed by atoms with Crippen molar-refractivity contribution in [3.05, 3.63) is 29.8 Å². The molecular weight excluding hydrogens is 240 g/mol. The molecule has 0 aliphatic carbocycles. The number of hydrogen-bond acceptors (Lipinski definition) is 3. The van der Waals surface area contributed by atoms with Crippen molar-refractivity contribution in [2.45, 2.75) is 32.9 Å². The summed E-state index contributed by atoms with van der Waals surface area (Å²) < 4.78 is 5.10. The van der Waals surface area contributed by atoms with Gasteiger partial charge in [0, 0.05) is 13.6 Å². The van der Waals surface area contributed by atoms with Crippen molar-refractivity contribution in [3.63, 3.8) is 0 Å². The van der Waals surface area contributed by atoms with Crippen molar-refractivity contribution in [3.8, 4) is 5.75 Å². The number of carbonyl (C=O) groups is 1. The Morgan fingerprint density at radius 2 is 1.89 bits per heavy atom. The number of ether oxygens (including phenoxy) is 1. The summed E-state index contributed by atoms with van der Waals surface area (Å²) in [5.74, 6) is 1.23. The minimum absolute atomic E-state index is 0.00971. The first-order valence-electron chi connectivity index (χ1n) is 6.57. The Labute approximate surface area is 115 Å². The molecule has 0 aromatic heterocycles. The molecule has 0 bridgehead atoms. The number of likely N-dealkylation sites (N-methyl/N-ethyl adjacent to an activating group) is 1. The first-order valence-corrected chi connectivity index (χ1v) is 6.57. The van der Waals surface area contributed by atoms with E-state index in [1.807, 2.05) is 24.3 Å². The molecule has 19 heavy (non-hydrogen) atoms. The first kappa shape index (κ1) is 15.5. The third-order valence-electron chi connectivity index (χ3n) is 3.00. The van der Waals surface area contributed by atoms with Crippen LogP contribution < -0.4 is 10.5 Å². The summed E-state index contributed by atoms with van der Waals surface area (Å²) in [6.45, 7) is 4.70. The van der Waals surface area contributed by atoms with E-state index < -0.39 is 6.04 Å². The minimum Gasteiger partial charge on any atom is -0.497 e. The van der Waals surface area contributed by atoms with Crippen LogP contribution in [0.15, 0.2) is 24.3 Å². The van der Waals surface area contributed by atoms with Gasteiger partial charge in [-0.05, 0) is 30.0 Å². The highest BCUT2D eigenvalue weighted by atomic mass is 16.5. The zero-order valence-corrected chi connectivity index (χ0v) is 12.2. The third-order valence-corrected chi connectivity index (χ3v) is 3.00. The number of benzene rings is 1. The van der Waals surface area contributed by atoms with Crippen molar-refractivity contribution < 1.29 is 9.53 Å². The van der Waals surface area contributed by atoms with Gasteiger partial charge in [-0.25, -0.2) is 0 Å². The predicted octanol–water partition coefficient (Wildman–Crippen LogP) is 2.03. The van der Waals surface area contributed by atoms with Gasteiger partial charge in [0.2, 0.25) is 5.91 Å². The van der Waals surface area contributed by atoms with Crippen LogP contribution in [-0.4, -0.2) is 31.0 Å². The Hall–Kier alpha value is -1.55. The fourth-order valence-corrected chi connectivity index (χ4v) is 1.97. The molecule has 1 amide bonds. The molecule has 0 spiro atoms. The van der Waals surface area contributed by atoms with Crippen LogP contribution in [0.25, 0.3) is 0 Å². The van der Waals surface area contributed by atoms with Crippen LogP contribution in [0.1, 0.15) is 25.8 Å². The lowest BCUT2D eigenvalue weighted by atomic mass is 10.0. The van der Waals surface area contributed by atoms with E-state index in [0.717, 1.165) is 11.3 Å². The average molecular weight is 264 g/mol. The van der Waals surface area contributed by atoms with Gasteiger partial charge in [-0.2, -0.15) is 0 Å². The van der Waals surface area contributed by atoms with E-state index in [1.54, 1.807) is 19.1 Å². The SMILES string of the molecule is COc1ccc(CN(C)C(=O)[C@@H](N)CC(C)C)cc1. The molecule has 0 fully saturated rings. The summed E-state index contributed by atoms with van der Waals surface area (Å²) in [4.78, 5) is 13.8. The number of methoxy groups -OCH3 is 1. The molecule has 0 aliphatic heterocycles. The van der Waals surface area contributed by atoms with Gasteiger partial charge >= 0.3 is 0 Å². The Bertz CT molecular complexity index is 401. The monoisotopic (exact) mass is 264 g/mol. The van der Waals surface area contributed by atoms with Gasteiger partial charge in [0.15, 0.2) is 0 Å². The summed E-state index contributed by atoms with van der Waals surface area (Å²) in [6, 6.07) is 7.28. The van der Waals surface area contributed by atoms with E-state index in [-0.39, 0.29) is 5.91 Å². The van der Waals surface area contributed by atoms with Crippen LogP contribution in [0.3, 0.4) is 0 Å². The molecule has 2 N–H and O–H groups in total. The first-order chi connectivity index (χ1) is 8.93. The van der Waals surface area contributed by atoms with Crippen molar-refractivity contribution in [2.24, 2.45) is 11.7 Å². The molecule has 0 saturated heterocycles. The standard InChI is InChI=1S/C15H24N2O2/c1-11(2)9-14(16)15(18)17(3)10-12-5-7-13(19-4)8-6-12/h5-8,11,14H,9-10,16H2,1-4H3/t14-/m0/s1.